The van der Waals surface area contributed by atoms with Gasteiger partial charge in [-0.25, -0.2) is 0 Å². The summed E-state index contributed by atoms with van der Waals surface area (Å²) in [4.78, 5) is 10.6. The van der Waals surface area contributed by atoms with Crippen LogP contribution in [-0.2, 0) is 0 Å². The molecule has 4 nitrogen and oxygen atoms in total. The molecular weight excluding hydrogens is 278 g/mol. The molecule has 0 spiro atoms. The van der Waals surface area contributed by atoms with Crippen molar-refractivity contribution in [3.05, 3.63) is 33.9 Å². The summed E-state index contributed by atoms with van der Waals surface area (Å²) >= 11 is 6.26. The first-order chi connectivity index (χ1) is 9.23. The minimum absolute atomic E-state index is 0.00724. The molecule has 5 heteroatoms. The maximum atomic E-state index is 11.1. The predicted octanol–water partition coefficient (Wildman–Crippen LogP) is 4.75. The lowest BCUT2D eigenvalue weighted by atomic mass is 9.86. The predicted molar refractivity (Wildman–Crippen MR) is 81.8 cm³/mol. The summed E-state index contributed by atoms with van der Waals surface area (Å²) in [5, 5.41) is 11.0. The van der Waals surface area contributed by atoms with Crippen LogP contribution < -0.4 is 4.74 Å². The number of halogens is 1. The zero-order valence-electron chi connectivity index (χ0n) is 12.6. The average Bonchev–Trinajstić information content (AvgIpc) is 2.26. The maximum Gasteiger partial charge on any atom is 0.310 e. The number of alkyl halides is 1. The molecule has 0 heterocycles. The van der Waals surface area contributed by atoms with Gasteiger partial charge >= 0.3 is 5.69 Å². The summed E-state index contributed by atoms with van der Waals surface area (Å²) in [7, 11) is 0. The van der Waals surface area contributed by atoms with Crippen LogP contribution in [-0.4, -0.2) is 16.4 Å². The van der Waals surface area contributed by atoms with E-state index in [1.165, 1.54) is 6.07 Å². The van der Waals surface area contributed by atoms with Crippen molar-refractivity contribution in [1.29, 1.82) is 0 Å². The first-order valence-electron chi connectivity index (χ1n) is 6.83. The van der Waals surface area contributed by atoms with E-state index in [1.54, 1.807) is 12.1 Å². The van der Waals surface area contributed by atoms with Crippen LogP contribution in [0.15, 0.2) is 18.2 Å². The van der Waals surface area contributed by atoms with Crippen molar-refractivity contribution in [3.8, 4) is 5.75 Å². The minimum Gasteiger partial charge on any atom is -0.484 e. The molecule has 0 N–H and O–H groups in total. The third kappa shape index (κ3) is 4.10. The minimum atomic E-state index is -0.421. The van der Waals surface area contributed by atoms with Gasteiger partial charge in [-0.2, -0.15) is 0 Å². The van der Waals surface area contributed by atoms with Crippen LogP contribution in [0.3, 0.4) is 0 Å². The van der Waals surface area contributed by atoms with E-state index in [-0.39, 0.29) is 23.1 Å². The SMILES string of the molecule is CC(C)Oc1cc(C(C(C)C)C(C)Cl)ccc1[N+](=O)[O-]. The Morgan fingerprint density at radius 3 is 2.20 bits per heavy atom. The quantitative estimate of drug-likeness (QED) is 0.433. The molecule has 0 bridgehead atoms. The van der Waals surface area contributed by atoms with Crippen LogP contribution in [0, 0.1) is 16.0 Å². The van der Waals surface area contributed by atoms with Gasteiger partial charge in [0.15, 0.2) is 5.75 Å². The van der Waals surface area contributed by atoms with Crippen LogP contribution in [0.1, 0.15) is 46.1 Å². The van der Waals surface area contributed by atoms with Crippen LogP contribution in [0.25, 0.3) is 0 Å². The Hall–Kier alpha value is -1.29. The highest BCUT2D eigenvalue weighted by atomic mass is 35.5. The summed E-state index contributed by atoms with van der Waals surface area (Å²) < 4.78 is 5.57. The van der Waals surface area contributed by atoms with E-state index in [9.17, 15) is 10.1 Å². The van der Waals surface area contributed by atoms with Gasteiger partial charge in [-0.15, -0.1) is 11.6 Å². The standard InChI is InChI=1S/C15H22ClNO3/c1-9(2)15(11(5)16)12-6-7-13(17(18)19)14(8-12)20-10(3)4/h6-11,15H,1-5H3. The maximum absolute atomic E-state index is 11.1. The van der Waals surface area contributed by atoms with Crippen LogP contribution in [0.4, 0.5) is 5.69 Å². The Balaban J connectivity index is 3.26. The monoisotopic (exact) mass is 299 g/mol. The Morgan fingerprint density at radius 2 is 1.80 bits per heavy atom. The molecule has 112 valence electrons. The van der Waals surface area contributed by atoms with Crippen molar-refractivity contribution in [2.75, 3.05) is 0 Å². The molecule has 2 unspecified atom stereocenters. The van der Waals surface area contributed by atoms with Crippen molar-refractivity contribution in [2.45, 2.75) is 52.0 Å². The zero-order chi connectivity index (χ0) is 15.4. The van der Waals surface area contributed by atoms with Gasteiger partial charge in [0.2, 0.25) is 0 Å². The van der Waals surface area contributed by atoms with Crippen molar-refractivity contribution in [3.63, 3.8) is 0 Å². The van der Waals surface area contributed by atoms with Crippen LogP contribution in [0.2, 0.25) is 0 Å². The molecule has 1 aromatic carbocycles. The van der Waals surface area contributed by atoms with Crippen LogP contribution in [0.5, 0.6) is 5.75 Å². The molecule has 1 aromatic rings. The summed E-state index contributed by atoms with van der Waals surface area (Å²) in [6, 6.07) is 5.03. The van der Waals surface area contributed by atoms with Gasteiger partial charge < -0.3 is 4.74 Å². The molecule has 0 aliphatic rings. The number of benzene rings is 1. The largest absolute Gasteiger partial charge is 0.484 e. The molecule has 0 aliphatic heterocycles. The second kappa shape index (κ2) is 6.93. The lowest BCUT2D eigenvalue weighted by Crippen LogP contribution is -2.16. The van der Waals surface area contributed by atoms with Crippen molar-refractivity contribution in [2.24, 2.45) is 5.92 Å². The van der Waals surface area contributed by atoms with E-state index in [0.717, 1.165) is 5.56 Å². The number of hydrogen-bond acceptors (Lipinski definition) is 3. The van der Waals surface area contributed by atoms with E-state index >= 15 is 0 Å². The fourth-order valence-corrected chi connectivity index (χ4v) is 2.85. The number of ether oxygens (including phenoxy) is 1. The second-order valence-corrected chi connectivity index (χ2v) is 6.29. The number of nitro benzene ring substituents is 1. The molecule has 0 radical (unpaired) electrons. The summed E-state index contributed by atoms with van der Waals surface area (Å²) in [6.45, 7) is 9.82. The lowest BCUT2D eigenvalue weighted by Gasteiger charge is -2.24. The van der Waals surface area contributed by atoms with Gasteiger partial charge in [0.05, 0.1) is 11.0 Å². The highest BCUT2D eigenvalue weighted by Crippen LogP contribution is 2.36. The summed E-state index contributed by atoms with van der Waals surface area (Å²) in [5.74, 6) is 0.785. The smallest absolute Gasteiger partial charge is 0.310 e. The molecule has 1 rings (SSSR count). The van der Waals surface area contributed by atoms with E-state index in [1.807, 2.05) is 20.8 Å². The van der Waals surface area contributed by atoms with Crippen molar-refractivity contribution in [1.82, 2.24) is 0 Å². The van der Waals surface area contributed by atoms with Crippen molar-refractivity contribution >= 4 is 17.3 Å². The molecular formula is C15H22ClNO3. The highest BCUT2D eigenvalue weighted by Gasteiger charge is 2.25. The number of nitrogens with zero attached hydrogens (tertiary/aromatic N) is 1. The fraction of sp³-hybridized carbons (Fsp3) is 0.600. The second-order valence-electron chi connectivity index (χ2n) is 5.60. The highest BCUT2D eigenvalue weighted by molar-refractivity contribution is 6.20. The molecule has 0 aromatic heterocycles. The molecule has 0 saturated heterocycles. The van der Waals surface area contributed by atoms with Gasteiger partial charge in [-0.1, -0.05) is 19.9 Å². The van der Waals surface area contributed by atoms with Gasteiger partial charge in [-0.05, 0) is 38.3 Å². The van der Waals surface area contributed by atoms with Crippen LogP contribution >= 0.6 is 11.6 Å². The first-order valence-corrected chi connectivity index (χ1v) is 7.26. The van der Waals surface area contributed by atoms with Gasteiger partial charge in [0.1, 0.15) is 0 Å². The molecule has 0 aliphatic carbocycles. The summed E-state index contributed by atoms with van der Waals surface area (Å²) in [5.41, 5.74) is 0.968. The molecule has 2 atom stereocenters. The molecule has 0 amide bonds. The topological polar surface area (TPSA) is 52.4 Å². The Bertz CT molecular complexity index is 464. The number of nitro groups is 1. The molecule has 0 saturated carbocycles. The Kier molecular flexibility index (Phi) is 5.81. The summed E-state index contributed by atoms with van der Waals surface area (Å²) in [6.07, 6.45) is -0.116. The first kappa shape index (κ1) is 16.8. The van der Waals surface area contributed by atoms with Gasteiger partial charge in [0.25, 0.3) is 0 Å². The van der Waals surface area contributed by atoms with Gasteiger partial charge in [0, 0.05) is 17.4 Å². The lowest BCUT2D eigenvalue weighted by molar-refractivity contribution is -0.386. The van der Waals surface area contributed by atoms with E-state index in [2.05, 4.69) is 13.8 Å². The average molecular weight is 300 g/mol. The van der Waals surface area contributed by atoms with Crippen molar-refractivity contribution < 1.29 is 9.66 Å². The van der Waals surface area contributed by atoms with E-state index in [0.29, 0.717) is 11.7 Å². The van der Waals surface area contributed by atoms with E-state index < -0.39 is 4.92 Å². The normalized spacial score (nSPS) is 14.4. The third-order valence-electron chi connectivity index (χ3n) is 3.14. The number of rotatable bonds is 6. The molecule has 0 fully saturated rings. The zero-order valence-corrected chi connectivity index (χ0v) is 13.3. The molecule has 20 heavy (non-hydrogen) atoms. The third-order valence-corrected chi connectivity index (χ3v) is 3.41. The van der Waals surface area contributed by atoms with E-state index in [4.69, 9.17) is 16.3 Å². The fourth-order valence-electron chi connectivity index (χ4n) is 2.42. The number of hydrogen-bond donors (Lipinski definition) is 0. The Labute approximate surface area is 125 Å². The Morgan fingerprint density at radius 1 is 1.20 bits per heavy atom. The van der Waals surface area contributed by atoms with Gasteiger partial charge in [-0.3, -0.25) is 10.1 Å².